The van der Waals surface area contributed by atoms with Crippen LogP contribution in [0.4, 0.5) is 4.39 Å². The minimum atomic E-state index is -0.775. The number of pyridine rings is 1. The van der Waals surface area contributed by atoms with Crippen molar-refractivity contribution < 1.29 is 23.8 Å². The molecule has 0 saturated heterocycles. The van der Waals surface area contributed by atoms with Crippen molar-refractivity contribution >= 4 is 11.9 Å². The van der Waals surface area contributed by atoms with Gasteiger partial charge in [0.1, 0.15) is 11.6 Å². The number of benzene rings is 1. The van der Waals surface area contributed by atoms with E-state index in [9.17, 15) is 14.0 Å². The summed E-state index contributed by atoms with van der Waals surface area (Å²) in [4.78, 5) is 27.4. The van der Waals surface area contributed by atoms with Gasteiger partial charge in [-0.25, -0.2) is 9.37 Å². The van der Waals surface area contributed by atoms with Crippen LogP contribution in [0.3, 0.4) is 0 Å². The minimum absolute atomic E-state index is 0.0505. The Morgan fingerprint density at radius 2 is 1.74 bits per heavy atom. The summed E-state index contributed by atoms with van der Waals surface area (Å²) in [5.41, 5.74) is 0.828. The van der Waals surface area contributed by atoms with Gasteiger partial charge < -0.3 is 15.2 Å². The molecule has 7 heteroatoms. The number of carboxylic acids is 1. The fourth-order valence-electron chi connectivity index (χ4n) is 3.14. The van der Waals surface area contributed by atoms with E-state index in [-0.39, 0.29) is 23.6 Å². The van der Waals surface area contributed by atoms with Crippen molar-refractivity contribution in [3.05, 3.63) is 54.0 Å². The molecule has 3 rings (SSSR count). The summed E-state index contributed by atoms with van der Waals surface area (Å²) < 4.78 is 18.4. The number of nitrogens with zero attached hydrogens (tertiary/aromatic N) is 1. The monoisotopic (exact) mass is 372 g/mol. The molecule has 1 saturated carbocycles. The van der Waals surface area contributed by atoms with Crippen molar-refractivity contribution in [2.75, 3.05) is 0 Å². The number of rotatable bonds is 6. The van der Waals surface area contributed by atoms with Gasteiger partial charge in [0.2, 0.25) is 11.8 Å². The molecule has 27 heavy (non-hydrogen) atoms. The Morgan fingerprint density at radius 3 is 2.33 bits per heavy atom. The highest BCUT2D eigenvalue weighted by atomic mass is 19.1. The van der Waals surface area contributed by atoms with Crippen molar-refractivity contribution in [2.24, 2.45) is 11.8 Å². The number of amides is 1. The van der Waals surface area contributed by atoms with Crippen LogP contribution in [-0.4, -0.2) is 22.0 Å². The number of aromatic nitrogens is 1. The third-order valence-corrected chi connectivity index (χ3v) is 4.75. The van der Waals surface area contributed by atoms with Crippen molar-refractivity contribution in [3.63, 3.8) is 0 Å². The smallest absolute Gasteiger partial charge is 0.306 e. The molecule has 0 radical (unpaired) electrons. The van der Waals surface area contributed by atoms with Crippen LogP contribution in [0.15, 0.2) is 42.6 Å². The maximum absolute atomic E-state index is 12.9. The van der Waals surface area contributed by atoms with Crippen molar-refractivity contribution in [2.45, 2.75) is 32.2 Å². The molecule has 1 fully saturated rings. The molecule has 1 aliphatic carbocycles. The second-order valence-electron chi connectivity index (χ2n) is 6.67. The van der Waals surface area contributed by atoms with E-state index >= 15 is 0 Å². The van der Waals surface area contributed by atoms with E-state index in [0.717, 1.165) is 5.56 Å². The summed E-state index contributed by atoms with van der Waals surface area (Å²) in [6, 6.07) is 9.14. The molecule has 6 nitrogen and oxygen atoms in total. The zero-order valence-electron chi connectivity index (χ0n) is 14.7. The zero-order valence-corrected chi connectivity index (χ0v) is 14.7. The molecular formula is C20H21FN2O4. The van der Waals surface area contributed by atoms with E-state index < -0.39 is 5.97 Å². The number of hydrogen-bond acceptors (Lipinski definition) is 4. The van der Waals surface area contributed by atoms with Gasteiger partial charge in [0.05, 0.1) is 5.92 Å². The Kier molecular flexibility index (Phi) is 6.01. The number of aliphatic carboxylic acids is 1. The first-order valence-electron chi connectivity index (χ1n) is 8.90. The predicted molar refractivity (Wildman–Crippen MR) is 95.6 cm³/mol. The lowest BCUT2D eigenvalue weighted by atomic mass is 9.81. The van der Waals surface area contributed by atoms with Gasteiger partial charge in [-0.15, -0.1) is 0 Å². The van der Waals surface area contributed by atoms with Gasteiger partial charge in [-0.3, -0.25) is 9.59 Å². The quantitative estimate of drug-likeness (QED) is 0.810. The highest BCUT2D eigenvalue weighted by molar-refractivity contribution is 5.79. The van der Waals surface area contributed by atoms with E-state index in [2.05, 4.69) is 10.3 Å². The van der Waals surface area contributed by atoms with Gasteiger partial charge in [-0.2, -0.15) is 0 Å². The summed E-state index contributed by atoms with van der Waals surface area (Å²) in [5, 5.41) is 11.9. The van der Waals surface area contributed by atoms with Gasteiger partial charge in [0.25, 0.3) is 0 Å². The maximum Gasteiger partial charge on any atom is 0.306 e. The summed E-state index contributed by atoms with van der Waals surface area (Å²) in [5.74, 6) is -0.752. The molecule has 2 aromatic rings. The molecule has 1 aromatic heterocycles. The SMILES string of the molecule is O=C(O)C1CCC(C(=O)NCc2ccc(Oc3ccc(F)cc3)nc2)CC1. The topological polar surface area (TPSA) is 88.5 Å². The van der Waals surface area contributed by atoms with Gasteiger partial charge in [-0.1, -0.05) is 6.07 Å². The Balaban J connectivity index is 1.46. The van der Waals surface area contributed by atoms with Crippen LogP contribution in [0.2, 0.25) is 0 Å². The first-order chi connectivity index (χ1) is 13.0. The molecule has 0 bridgehead atoms. The van der Waals surface area contributed by atoms with Crippen LogP contribution in [0.25, 0.3) is 0 Å². The molecule has 0 aliphatic heterocycles. The van der Waals surface area contributed by atoms with Crippen molar-refractivity contribution in [3.8, 4) is 11.6 Å². The summed E-state index contributed by atoms with van der Waals surface area (Å²) in [7, 11) is 0. The van der Waals surface area contributed by atoms with Crippen LogP contribution in [0, 0.1) is 17.7 Å². The van der Waals surface area contributed by atoms with Crippen LogP contribution >= 0.6 is 0 Å². The highest BCUT2D eigenvalue weighted by Gasteiger charge is 2.29. The number of carbonyl (C=O) groups is 2. The molecule has 1 amide bonds. The molecule has 1 heterocycles. The van der Waals surface area contributed by atoms with E-state index in [1.807, 2.05) is 0 Å². The summed E-state index contributed by atoms with van der Waals surface area (Å²) in [6.07, 6.45) is 3.91. The maximum atomic E-state index is 12.9. The zero-order chi connectivity index (χ0) is 19.2. The van der Waals surface area contributed by atoms with E-state index in [1.54, 1.807) is 18.3 Å². The van der Waals surface area contributed by atoms with E-state index in [1.165, 1.54) is 24.3 Å². The minimum Gasteiger partial charge on any atom is -0.481 e. The summed E-state index contributed by atoms with van der Waals surface area (Å²) >= 11 is 0. The van der Waals surface area contributed by atoms with Crippen molar-refractivity contribution in [1.82, 2.24) is 10.3 Å². The predicted octanol–water partition coefficient (Wildman–Crippen LogP) is 3.52. The molecule has 142 valence electrons. The highest BCUT2D eigenvalue weighted by Crippen LogP contribution is 2.29. The largest absolute Gasteiger partial charge is 0.481 e. The molecule has 0 atom stereocenters. The Labute approximate surface area is 156 Å². The molecule has 1 aromatic carbocycles. The number of halogens is 1. The lowest BCUT2D eigenvalue weighted by Gasteiger charge is -2.25. The molecular weight excluding hydrogens is 351 g/mol. The number of carbonyl (C=O) groups excluding carboxylic acids is 1. The fourth-order valence-corrected chi connectivity index (χ4v) is 3.14. The normalized spacial score (nSPS) is 19.3. The van der Waals surface area contributed by atoms with E-state index in [0.29, 0.717) is 43.9 Å². The average molecular weight is 372 g/mol. The van der Waals surface area contributed by atoms with Crippen LogP contribution in [0.1, 0.15) is 31.2 Å². The lowest BCUT2D eigenvalue weighted by molar-refractivity contribution is -0.144. The number of hydrogen-bond donors (Lipinski definition) is 2. The van der Waals surface area contributed by atoms with Gasteiger partial charge in [0.15, 0.2) is 0 Å². The number of carboxylic acid groups (broad SMARTS) is 1. The second-order valence-corrected chi connectivity index (χ2v) is 6.67. The molecule has 0 spiro atoms. The second kappa shape index (κ2) is 8.62. The number of ether oxygens (including phenoxy) is 1. The third kappa shape index (κ3) is 5.26. The van der Waals surface area contributed by atoms with Crippen LogP contribution < -0.4 is 10.1 Å². The van der Waals surface area contributed by atoms with Crippen LogP contribution in [-0.2, 0) is 16.1 Å². The summed E-state index contributed by atoms with van der Waals surface area (Å²) in [6.45, 7) is 0.349. The Morgan fingerprint density at radius 1 is 1.07 bits per heavy atom. The van der Waals surface area contributed by atoms with Gasteiger partial charge >= 0.3 is 5.97 Å². The Hall–Kier alpha value is -2.96. The first-order valence-corrected chi connectivity index (χ1v) is 8.90. The fraction of sp³-hybridized carbons (Fsp3) is 0.350. The molecule has 1 aliphatic rings. The number of nitrogens with one attached hydrogen (secondary N) is 1. The first kappa shape index (κ1) is 18.8. The molecule has 2 N–H and O–H groups in total. The van der Waals surface area contributed by atoms with Gasteiger partial charge in [-0.05, 0) is 55.5 Å². The van der Waals surface area contributed by atoms with Crippen LogP contribution in [0.5, 0.6) is 11.6 Å². The lowest BCUT2D eigenvalue weighted by Crippen LogP contribution is -2.34. The Bertz CT molecular complexity index is 785. The average Bonchev–Trinajstić information content (AvgIpc) is 2.69. The van der Waals surface area contributed by atoms with Gasteiger partial charge in [0, 0.05) is 24.7 Å². The molecule has 0 unspecified atom stereocenters. The third-order valence-electron chi connectivity index (χ3n) is 4.75. The van der Waals surface area contributed by atoms with Crippen molar-refractivity contribution in [1.29, 1.82) is 0 Å². The van der Waals surface area contributed by atoms with E-state index in [4.69, 9.17) is 9.84 Å². The standard InChI is InChI=1S/C20H21FN2O4/c21-16-6-8-17(9-7-16)27-18-10-1-13(11-22-18)12-23-19(24)14-2-4-15(5-3-14)20(25)26/h1,6-11,14-15H,2-5,12H2,(H,23,24)(H,25,26).